The lowest BCUT2D eigenvalue weighted by Crippen LogP contribution is -2.22. The van der Waals surface area contributed by atoms with Gasteiger partial charge in [-0.15, -0.1) is 0 Å². The molecule has 1 aliphatic carbocycles. The third kappa shape index (κ3) is 4.23. The van der Waals surface area contributed by atoms with Crippen molar-refractivity contribution in [3.8, 4) is 11.1 Å². The first-order valence-electron chi connectivity index (χ1n) is 11.7. The van der Waals surface area contributed by atoms with Crippen molar-refractivity contribution < 1.29 is 14.6 Å². The molecule has 4 heterocycles. The number of nitrogens with zero attached hydrogens (tertiary/aromatic N) is 5. The molecule has 35 heavy (non-hydrogen) atoms. The molecule has 0 aromatic carbocycles. The number of hydrogen-bond acceptors (Lipinski definition) is 7. The number of aromatic nitrogens is 4. The molecule has 0 spiro atoms. The maximum atomic E-state index is 11.4. The number of carbonyl (C=O) groups is 1. The molecule has 9 heteroatoms. The van der Waals surface area contributed by atoms with Crippen molar-refractivity contribution in [1.82, 2.24) is 19.6 Å². The van der Waals surface area contributed by atoms with Gasteiger partial charge in [-0.3, -0.25) is 14.8 Å². The van der Waals surface area contributed by atoms with Gasteiger partial charge >= 0.3 is 5.97 Å². The first kappa shape index (κ1) is 22.9. The van der Waals surface area contributed by atoms with Gasteiger partial charge in [0.15, 0.2) is 5.65 Å². The minimum atomic E-state index is -0.724. The third-order valence-electron chi connectivity index (χ3n) is 7.03. The van der Waals surface area contributed by atoms with E-state index >= 15 is 0 Å². The molecule has 1 saturated carbocycles. The van der Waals surface area contributed by atoms with Gasteiger partial charge in [-0.2, -0.15) is 9.61 Å². The highest BCUT2D eigenvalue weighted by molar-refractivity contribution is 5.81. The fourth-order valence-corrected chi connectivity index (χ4v) is 4.99. The predicted molar refractivity (Wildman–Crippen MR) is 135 cm³/mol. The molecule has 5 rings (SSSR count). The highest BCUT2D eigenvalue weighted by Crippen LogP contribution is 2.39. The number of ether oxygens (including phenoxy) is 1. The molecule has 0 bridgehead atoms. The summed E-state index contributed by atoms with van der Waals surface area (Å²) in [4.78, 5) is 25.3. The second kappa shape index (κ2) is 9.42. The van der Waals surface area contributed by atoms with Gasteiger partial charge in [0, 0.05) is 54.8 Å². The van der Waals surface area contributed by atoms with E-state index in [0.29, 0.717) is 24.3 Å². The summed E-state index contributed by atoms with van der Waals surface area (Å²) < 4.78 is 7.03. The molecule has 0 saturated heterocycles. The number of nitrogens with two attached hydrogens (primary N) is 1. The number of aliphatic imine (C=N–C) groups is 1. The zero-order valence-corrected chi connectivity index (χ0v) is 19.6. The fraction of sp³-hybridized carbons (Fsp3) is 0.346. The van der Waals surface area contributed by atoms with Crippen LogP contribution < -0.4 is 5.73 Å². The van der Waals surface area contributed by atoms with Crippen LogP contribution in [0.1, 0.15) is 55.0 Å². The zero-order valence-electron chi connectivity index (χ0n) is 19.6. The van der Waals surface area contributed by atoms with E-state index in [9.17, 15) is 9.90 Å². The Labute approximate surface area is 203 Å². The number of anilines is 1. The molecule has 1 aliphatic heterocycles. The fourth-order valence-electron chi connectivity index (χ4n) is 4.99. The van der Waals surface area contributed by atoms with Crippen molar-refractivity contribution >= 4 is 35.3 Å². The molecule has 0 radical (unpaired) electrons. The first-order chi connectivity index (χ1) is 17.0. The minimum Gasteiger partial charge on any atom is -0.481 e. The first-order valence-corrected chi connectivity index (χ1v) is 11.7. The van der Waals surface area contributed by atoms with E-state index in [1.165, 1.54) is 0 Å². The van der Waals surface area contributed by atoms with E-state index in [0.717, 1.165) is 52.9 Å². The molecule has 9 nitrogen and oxygen atoms in total. The van der Waals surface area contributed by atoms with Gasteiger partial charge in [-0.25, -0.2) is 4.98 Å². The van der Waals surface area contributed by atoms with Crippen molar-refractivity contribution in [1.29, 1.82) is 0 Å². The van der Waals surface area contributed by atoms with Crippen molar-refractivity contribution in [2.24, 2.45) is 10.9 Å². The van der Waals surface area contributed by atoms with Gasteiger partial charge in [0.2, 0.25) is 0 Å². The van der Waals surface area contributed by atoms with Gasteiger partial charge in [0.1, 0.15) is 5.82 Å². The Morgan fingerprint density at radius 3 is 2.71 bits per heavy atom. The Bertz CT molecular complexity index is 1330. The topological polar surface area (TPSA) is 128 Å². The van der Waals surface area contributed by atoms with E-state index in [4.69, 9.17) is 15.5 Å². The Balaban J connectivity index is 1.49. The molecular weight excluding hydrogens is 444 g/mol. The molecule has 2 aliphatic rings. The van der Waals surface area contributed by atoms with Crippen molar-refractivity contribution in [3.63, 3.8) is 0 Å². The van der Waals surface area contributed by atoms with Crippen LogP contribution in [0.15, 0.2) is 42.3 Å². The smallest absolute Gasteiger partial charge is 0.306 e. The highest BCUT2D eigenvalue weighted by atomic mass is 16.5. The summed E-state index contributed by atoms with van der Waals surface area (Å²) in [7, 11) is 1.67. The van der Waals surface area contributed by atoms with Gasteiger partial charge < -0.3 is 15.6 Å². The number of rotatable bonds is 6. The Morgan fingerprint density at radius 2 is 2.06 bits per heavy atom. The van der Waals surface area contributed by atoms with E-state index in [-0.39, 0.29) is 17.9 Å². The predicted octanol–water partition coefficient (Wildman–Crippen LogP) is 4.21. The van der Waals surface area contributed by atoms with Crippen molar-refractivity contribution in [3.05, 3.63) is 54.3 Å². The van der Waals surface area contributed by atoms with Crippen LogP contribution in [0.25, 0.3) is 28.4 Å². The molecule has 1 fully saturated rings. The quantitative estimate of drug-likeness (QED) is 0.550. The zero-order chi connectivity index (χ0) is 24.5. The van der Waals surface area contributed by atoms with E-state index in [1.54, 1.807) is 30.1 Å². The second-order valence-electron chi connectivity index (χ2n) is 9.04. The van der Waals surface area contributed by atoms with Crippen LogP contribution in [-0.4, -0.2) is 50.1 Å². The number of aliphatic carboxylic acids is 1. The number of methoxy groups -OCH3 is 1. The van der Waals surface area contributed by atoms with Crippen LogP contribution in [0.4, 0.5) is 5.82 Å². The lowest BCUT2D eigenvalue weighted by molar-refractivity contribution is -0.142. The number of fused-ring (bicyclic) bond motifs is 1. The van der Waals surface area contributed by atoms with Crippen LogP contribution in [0, 0.1) is 5.92 Å². The van der Waals surface area contributed by atoms with Crippen molar-refractivity contribution in [2.75, 3.05) is 12.8 Å². The Morgan fingerprint density at radius 1 is 1.26 bits per heavy atom. The molecule has 1 unspecified atom stereocenters. The van der Waals surface area contributed by atoms with Gasteiger partial charge in [0.05, 0.1) is 29.6 Å². The largest absolute Gasteiger partial charge is 0.481 e. The number of nitrogen functional groups attached to an aromatic ring is 1. The summed E-state index contributed by atoms with van der Waals surface area (Å²) in [5.74, 6) is -0.412. The lowest BCUT2D eigenvalue weighted by atomic mass is 9.79. The molecule has 3 N–H and O–H groups in total. The maximum absolute atomic E-state index is 11.4. The van der Waals surface area contributed by atoms with E-state index < -0.39 is 5.97 Å². The third-order valence-corrected chi connectivity index (χ3v) is 7.03. The van der Waals surface area contributed by atoms with Crippen molar-refractivity contribution in [2.45, 2.75) is 44.1 Å². The Hall–Kier alpha value is -3.85. The molecule has 3 aromatic rings. The van der Waals surface area contributed by atoms with Gasteiger partial charge in [0.25, 0.3) is 0 Å². The molecule has 1 atom stereocenters. The monoisotopic (exact) mass is 472 g/mol. The standard InChI is InChI=1S/C26H28N6O3/c1-3-20-23(15-4-6-16(7-5-15)26(33)34)31-25-21(14-30-32(25)24(20)27)17-8-9-22(29-12-17)18-10-19(35-2)13-28-11-18/h3,8-9,11-16,19H,1,4-7,10,27H2,2H3,(H,33,34). The summed E-state index contributed by atoms with van der Waals surface area (Å²) in [5, 5.41) is 13.8. The minimum absolute atomic E-state index is 0.0497. The summed E-state index contributed by atoms with van der Waals surface area (Å²) in [6, 6.07) is 3.96. The Kier molecular flexibility index (Phi) is 6.17. The maximum Gasteiger partial charge on any atom is 0.306 e. The summed E-state index contributed by atoms with van der Waals surface area (Å²) >= 11 is 0. The van der Waals surface area contributed by atoms with Crippen LogP contribution in [-0.2, 0) is 9.53 Å². The number of carboxylic acids is 1. The normalized spacial score (nSPS) is 22.2. The van der Waals surface area contributed by atoms with Gasteiger partial charge in [-0.1, -0.05) is 18.7 Å². The number of pyridine rings is 1. The molecule has 0 amide bonds. The summed E-state index contributed by atoms with van der Waals surface area (Å²) in [6.07, 6.45) is 12.3. The van der Waals surface area contributed by atoms with Gasteiger partial charge in [-0.05, 0) is 37.3 Å². The SMILES string of the molecule is C=Cc1c(C2CCC(C(=O)O)CC2)nc2c(-c3ccc(C4=CN=CC(OC)C4)nc3)cnn2c1N. The lowest BCUT2D eigenvalue weighted by Gasteiger charge is -2.27. The number of carboxylic acid groups (broad SMARTS) is 1. The molecule has 180 valence electrons. The van der Waals surface area contributed by atoms with Crippen LogP contribution in [0.5, 0.6) is 0 Å². The van der Waals surface area contributed by atoms with Crippen LogP contribution in [0.2, 0.25) is 0 Å². The summed E-state index contributed by atoms with van der Waals surface area (Å²) in [6.45, 7) is 3.94. The van der Waals surface area contributed by atoms with Crippen LogP contribution in [0.3, 0.4) is 0 Å². The average molecular weight is 473 g/mol. The van der Waals surface area contributed by atoms with Crippen LogP contribution >= 0.6 is 0 Å². The molecule has 3 aromatic heterocycles. The molecular formula is C26H28N6O3. The van der Waals surface area contributed by atoms with E-state index in [2.05, 4.69) is 21.7 Å². The van der Waals surface area contributed by atoms with E-state index in [1.807, 2.05) is 24.5 Å². The summed E-state index contributed by atoms with van der Waals surface area (Å²) in [5.41, 5.74) is 12.3. The second-order valence-corrected chi connectivity index (χ2v) is 9.04. The highest BCUT2D eigenvalue weighted by Gasteiger charge is 2.30. The average Bonchev–Trinajstić information content (AvgIpc) is 3.33. The number of hydrogen-bond donors (Lipinski definition) is 2.